The van der Waals surface area contributed by atoms with Gasteiger partial charge in [0, 0.05) is 18.7 Å². The third-order valence-corrected chi connectivity index (χ3v) is 10.3. The lowest BCUT2D eigenvalue weighted by Crippen LogP contribution is -2.21. The molecule has 0 amide bonds. The Labute approximate surface area is 235 Å². The highest BCUT2D eigenvalue weighted by atomic mass is 31.1. The number of hydrogen-bond donors (Lipinski definition) is 0. The van der Waals surface area contributed by atoms with Crippen molar-refractivity contribution in [1.29, 1.82) is 0 Å². The molecule has 0 saturated heterocycles. The van der Waals surface area contributed by atoms with Gasteiger partial charge in [-0.25, -0.2) is 0 Å². The summed E-state index contributed by atoms with van der Waals surface area (Å²) in [6, 6.07) is 10.4. The van der Waals surface area contributed by atoms with Crippen LogP contribution in [-0.2, 0) is 0 Å². The monoisotopic (exact) mass is 540 g/mol. The van der Waals surface area contributed by atoms with Crippen LogP contribution < -0.4 is 10.6 Å². The van der Waals surface area contributed by atoms with Gasteiger partial charge in [-0.15, -0.1) is 15.6 Å². The molecule has 0 aliphatic heterocycles. The summed E-state index contributed by atoms with van der Waals surface area (Å²) in [7, 11) is 0.0815. The van der Waals surface area contributed by atoms with Crippen molar-refractivity contribution < 1.29 is 0 Å². The molecule has 0 aliphatic rings. The second-order valence-corrected chi connectivity index (χ2v) is 15.0. The van der Waals surface area contributed by atoms with Crippen molar-refractivity contribution in [3.8, 4) is 0 Å². The third-order valence-electron chi connectivity index (χ3n) is 7.22. The van der Waals surface area contributed by atoms with Gasteiger partial charge in [-0.2, -0.15) is 0 Å². The molecule has 0 heterocycles. The van der Waals surface area contributed by atoms with E-state index < -0.39 is 0 Å². The SMILES string of the molecule is [BH3-][PH+](CCC[PH+]([BH3-])c1c(C(C)C)cc(C(C)C)cc1C(C)C)c1c(C(C)C)cc(C(C)C)cc1C(C)C. The summed E-state index contributed by atoms with van der Waals surface area (Å²) in [4.78, 5) is 0. The van der Waals surface area contributed by atoms with Crippen LogP contribution in [0.3, 0.4) is 0 Å². The molecular weight excluding hydrogens is 480 g/mol. The van der Waals surface area contributed by atoms with Gasteiger partial charge < -0.3 is 0 Å². The molecule has 4 heteroatoms. The molecule has 0 aliphatic carbocycles. The Bertz CT molecular complexity index is 881. The third kappa shape index (κ3) is 8.21. The quantitative estimate of drug-likeness (QED) is 0.191. The predicted octanol–water partition coefficient (Wildman–Crippen LogP) is 7.76. The Balaban J connectivity index is 2.35. The van der Waals surface area contributed by atoms with Crippen LogP contribution in [0.15, 0.2) is 24.3 Å². The maximum absolute atomic E-state index is 2.61. The van der Waals surface area contributed by atoms with Crippen LogP contribution in [0.5, 0.6) is 0 Å². The highest BCUT2D eigenvalue weighted by Crippen LogP contribution is 2.42. The van der Waals surface area contributed by atoms with Gasteiger partial charge in [0.15, 0.2) is 0 Å². The lowest BCUT2D eigenvalue weighted by molar-refractivity contribution is 0.813. The van der Waals surface area contributed by atoms with E-state index in [1.165, 1.54) is 6.42 Å². The molecule has 37 heavy (non-hydrogen) atoms. The zero-order valence-electron chi connectivity index (χ0n) is 24.9. The van der Waals surface area contributed by atoms with E-state index in [2.05, 4.69) is 107 Å². The zero-order valence-corrected chi connectivity index (χ0v) is 26.9. The minimum Gasteiger partial charge on any atom is -0.137 e. The van der Waals surface area contributed by atoms with Crippen LogP contribution in [0.25, 0.3) is 0 Å². The summed E-state index contributed by atoms with van der Waals surface area (Å²) in [6.07, 6.45) is 4.59. The molecule has 0 spiro atoms. The van der Waals surface area contributed by atoms with Gasteiger partial charge in [-0.05, 0) is 68.9 Å². The zero-order chi connectivity index (χ0) is 28.2. The molecule has 0 bridgehead atoms. The topological polar surface area (TPSA) is 0 Å². The van der Waals surface area contributed by atoms with E-state index in [1.807, 2.05) is 10.6 Å². The maximum Gasteiger partial charge on any atom is 0.129 e. The molecule has 0 radical (unpaired) electrons. The van der Waals surface area contributed by atoms with Gasteiger partial charge in [0.1, 0.15) is 15.1 Å². The van der Waals surface area contributed by atoms with Crippen molar-refractivity contribution in [2.45, 2.75) is 125 Å². The summed E-state index contributed by atoms with van der Waals surface area (Å²) in [6.45, 7) is 29.0. The van der Waals surface area contributed by atoms with Gasteiger partial charge in [0.2, 0.25) is 0 Å². The van der Waals surface area contributed by atoms with Crippen molar-refractivity contribution in [3.05, 3.63) is 57.6 Å². The number of rotatable bonds is 12. The van der Waals surface area contributed by atoms with Gasteiger partial charge >= 0.3 is 0 Å². The fraction of sp³-hybridized carbons (Fsp3) is 0.636. The minimum absolute atomic E-state index is 0.311. The summed E-state index contributed by atoms with van der Waals surface area (Å²) in [5, 5.41) is 3.78. The lowest BCUT2D eigenvalue weighted by atomic mass is 9.89. The molecule has 2 aromatic carbocycles. The molecule has 2 atom stereocenters. The Morgan fingerprint density at radius 3 is 0.892 bits per heavy atom. The Hall–Kier alpha value is -0.570. The van der Waals surface area contributed by atoms with E-state index >= 15 is 0 Å². The Morgan fingerprint density at radius 2 is 0.703 bits per heavy atom. The van der Waals surface area contributed by atoms with Crippen molar-refractivity contribution in [1.82, 2.24) is 0 Å². The van der Waals surface area contributed by atoms with Gasteiger partial charge in [0.05, 0.1) is 10.6 Å². The van der Waals surface area contributed by atoms with Crippen LogP contribution in [0.1, 0.15) is 158 Å². The highest BCUT2D eigenvalue weighted by Gasteiger charge is 2.26. The van der Waals surface area contributed by atoms with Crippen molar-refractivity contribution in [2.24, 2.45) is 0 Å². The van der Waals surface area contributed by atoms with Crippen LogP contribution in [-0.4, -0.2) is 27.5 Å². The standard InChI is InChI=1S/C33H60B2P2/c1-20(2)26-16-28(22(5)6)32(29(17-26)23(7)8)36(34)14-13-15-37(35)33-30(24(9)10)18-27(21(3)4)19-31(33)25(11)12/h16-25,36-37H,13-15H2,1-12,34-35H3. The molecular formula is C33H60B2P2. The van der Waals surface area contributed by atoms with E-state index in [9.17, 15) is 0 Å². The Morgan fingerprint density at radius 1 is 0.459 bits per heavy atom. The Kier molecular flexibility index (Phi) is 12.5. The minimum atomic E-state index is -0.311. The summed E-state index contributed by atoms with van der Waals surface area (Å²) in [5.41, 5.74) is 10.0. The molecule has 2 unspecified atom stereocenters. The molecule has 2 rings (SSSR count). The van der Waals surface area contributed by atoms with E-state index in [1.54, 1.807) is 45.7 Å². The molecule has 0 N–H and O–H groups in total. The second kappa shape index (κ2) is 14.2. The average molecular weight is 540 g/mol. The van der Waals surface area contributed by atoms with Crippen molar-refractivity contribution >= 4 is 41.3 Å². The first-order valence-electron chi connectivity index (χ1n) is 14.2. The summed E-state index contributed by atoms with van der Waals surface area (Å²) >= 11 is 0. The van der Waals surface area contributed by atoms with E-state index in [4.69, 9.17) is 0 Å². The van der Waals surface area contributed by atoms with Crippen molar-refractivity contribution in [3.63, 3.8) is 0 Å². The number of hydrogen-bond acceptors (Lipinski definition) is 0. The van der Waals surface area contributed by atoms with E-state index in [0.29, 0.717) is 50.6 Å². The maximum atomic E-state index is 2.61. The van der Waals surface area contributed by atoms with Crippen molar-refractivity contribution in [2.75, 3.05) is 12.3 Å². The number of benzene rings is 2. The molecule has 0 saturated carbocycles. The average Bonchev–Trinajstić information content (AvgIpc) is 2.81. The molecule has 2 aromatic rings. The fourth-order valence-corrected chi connectivity index (χ4v) is 8.66. The first kappa shape index (κ1) is 32.6. The smallest absolute Gasteiger partial charge is 0.129 e. The highest BCUT2D eigenvalue weighted by molar-refractivity contribution is 7.89. The summed E-state index contributed by atoms with van der Waals surface area (Å²) in [5.74, 6) is 3.83. The molecule has 0 fully saturated rings. The molecule has 0 nitrogen and oxygen atoms in total. The van der Waals surface area contributed by atoms with E-state index in [-0.39, 0.29) is 15.6 Å². The summed E-state index contributed by atoms with van der Waals surface area (Å²) < 4.78 is 0. The van der Waals surface area contributed by atoms with E-state index in [0.717, 1.165) is 0 Å². The largest absolute Gasteiger partial charge is 0.137 e. The van der Waals surface area contributed by atoms with Gasteiger partial charge in [-0.3, -0.25) is 0 Å². The first-order valence-corrected chi connectivity index (χ1v) is 16.6. The van der Waals surface area contributed by atoms with Crippen LogP contribution in [0, 0.1) is 0 Å². The predicted molar refractivity (Wildman–Crippen MR) is 188 cm³/mol. The fourth-order valence-electron chi connectivity index (χ4n) is 4.84. The normalized spacial score (nSPS) is 14.2. The molecule has 208 valence electrons. The lowest BCUT2D eigenvalue weighted by Gasteiger charge is -2.27. The second-order valence-electron chi connectivity index (χ2n) is 12.3. The van der Waals surface area contributed by atoms with Gasteiger partial charge in [-0.1, -0.05) is 107 Å². The van der Waals surface area contributed by atoms with Crippen LogP contribution in [0.4, 0.5) is 0 Å². The van der Waals surface area contributed by atoms with Crippen LogP contribution in [0.2, 0.25) is 0 Å². The molecule has 0 aromatic heterocycles. The first-order chi connectivity index (χ1) is 17.2. The van der Waals surface area contributed by atoms with Crippen LogP contribution >= 0.6 is 15.6 Å². The van der Waals surface area contributed by atoms with Gasteiger partial charge in [0.25, 0.3) is 0 Å².